The summed E-state index contributed by atoms with van der Waals surface area (Å²) in [6, 6.07) is 0. The molecule has 25 heavy (non-hydrogen) atoms. The summed E-state index contributed by atoms with van der Waals surface area (Å²) in [6.45, 7) is 0.0531. The molecule has 0 spiro atoms. The second kappa shape index (κ2) is 8.31. The van der Waals surface area contributed by atoms with Crippen molar-refractivity contribution in [3.63, 3.8) is 0 Å². The zero-order chi connectivity index (χ0) is 17.8. The van der Waals surface area contributed by atoms with Crippen LogP contribution in [-0.4, -0.2) is 63.0 Å². The Morgan fingerprint density at radius 3 is 2.68 bits per heavy atom. The molecule has 1 amide bonds. The highest BCUT2D eigenvalue weighted by Gasteiger charge is 2.20. The topological polar surface area (TPSA) is 107 Å². The molecule has 3 N–H and O–H groups in total. The standard InChI is InChI=1S/C16H21N3O4S2/c20-7-5-19(6-8-21)12(22)9-24-16-17-14(23)13-10-3-1-2-4-11(10)25-15(13)18-16/h20-21H,1-9H2,(H,17,18,23). The van der Waals surface area contributed by atoms with Crippen LogP contribution in [0.4, 0.5) is 0 Å². The van der Waals surface area contributed by atoms with Crippen molar-refractivity contribution in [3.8, 4) is 0 Å². The number of aliphatic hydroxyl groups is 2. The van der Waals surface area contributed by atoms with E-state index in [0.717, 1.165) is 36.1 Å². The van der Waals surface area contributed by atoms with Crippen molar-refractivity contribution >= 4 is 39.2 Å². The van der Waals surface area contributed by atoms with E-state index in [-0.39, 0.29) is 43.5 Å². The fraction of sp³-hybridized carbons (Fsp3) is 0.562. The number of hydrogen-bond acceptors (Lipinski definition) is 7. The van der Waals surface area contributed by atoms with E-state index < -0.39 is 0 Å². The summed E-state index contributed by atoms with van der Waals surface area (Å²) in [7, 11) is 0. The van der Waals surface area contributed by atoms with E-state index in [9.17, 15) is 9.59 Å². The van der Waals surface area contributed by atoms with Crippen LogP contribution in [0.2, 0.25) is 0 Å². The zero-order valence-electron chi connectivity index (χ0n) is 13.8. The highest BCUT2D eigenvalue weighted by atomic mass is 32.2. The summed E-state index contributed by atoms with van der Waals surface area (Å²) < 4.78 is 0. The Hall–Kier alpha value is -1.42. The number of rotatable bonds is 7. The van der Waals surface area contributed by atoms with Crippen molar-refractivity contribution in [2.24, 2.45) is 0 Å². The first-order valence-corrected chi connectivity index (χ1v) is 10.1. The zero-order valence-corrected chi connectivity index (χ0v) is 15.4. The number of aromatic amines is 1. The SMILES string of the molecule is O=C(CSc1nc2sc3c(c2c(=O)[nH]1)CCCC3)N(CCO)CCO. The van der Waals surface area contributed by atoms with E-state index in [1.54, 1.807) is 11.3 Å². The monoisotopic (exact) mass is 383 g/mol. The third-order valence-electron chi connectivity index (χ3n) is 4.23. The number of aromatic nitrogens is 2. The second-order valence-electron chi connectivity index (χ2n) is 5.88. The summed E-state index contributed by atoms with van der Waals surface area (Å²) in [5.74, 6) is -0.110. The van der Waals surface area contributed by atoms with Crippen molar-refractivity contribution < 1.29 is 15.0 Å². The van der Waals surface area contributed by atoms with Crippen molar-refractivity contribution in [3.05, 3.63) is 20.8 Å². The highest BCUT2D eigenvalue weighted by Crippen LogP contribution is 2.34. The number of carbonyl (C=O) groups is 1. The van der Waals surface area contributed by atoms with Gasteiger partial charge in [-0.2, -0.15) is 0 Å². The molecule has 136 valence electrons. The number of aryl methyl sites for hydroxylation is 2. The van der Waals surface area contributed by atoms with Crippen molar-refractivity contribution in [1.29, 1.82) is 0 Å². The number of thiophene rings is 1. The minimum atomic E-state index is -0.207. The molecule has 0 saturated carbocycles. The van der Waals surface area contributed by atoms with Crippen molar-refractivity contribution in [2.45, 2.75) is 30.8 Å². The van der Waals surface area contributed by atoms with E-state index >= 15 is 0 Å². The van der Waals surface area contributed by atoms with Gasteiger partial charge in [0.1, 0.15) is 4.83 Å². The molecule has 3 rings (SSSR count). The van der Waals surface area contributed by atoms with Gasteiger partial charge in [0.15, 0.2) is 5.16 Å². The van der Waals surface area contributed by atoms with Gasteiger partial charge in [-0.15, -0.1) is 11.3 Å². The van der Waals surface area contributed by atoms with E-state index in [2.05, 4.69) is 9.97 Å². The Bertz CT molecular complexity index is 812. The van der Waals surface area contributed by atoms with Crippen LogP contribution in [0.5, 0.6) is 0 Å². The number of nitrogens with zero attached hydrogens (tertiary/aromatic N) is 2. The minimum absolute atomic E-state index is 0.0968. The maximum atomic E-state index is 12.5. The van der Waals surface area contributed by atoms with Gasteiger partial charge in [0.05, 0.1) is 24.4 Å². The average molecular weight is 383 g/mol. The fourth-order valence-electron chi connectivity index (χ4n) is 3.04. The molecule has 0 atom stereocenters. The molecule has 0 saturated heterocycles. The van der Waals surface area contributed by atoms with Crippen LogP contribution in [0, 0.1) is 0 Å². The average Bonchev–Trinajstić information content (AvgIpc) is 2.98. The first-order chi connectivity index (χ1) is 12.1. The van der Waals surface area contributed by atoms with Crippen LogP contribution in [0.15, 0.2) is 9.95 Å². The van der Waals surface area contributed by atoms with Crippen LogP contribution >= 0.6 is 23.1 Å². The predicted molar refractivity (Wildman–Crippen MR) is 98.4 cm³/mol. The molecule has 1 aliphatic carbocycles. The van der Waals surface area contributed by atoms with E-state index in [1.165, 1.54) is 21.5 Å². The van der Waals surface area contributed by atoms with Gasteiger partial charge in [-0.1, -0.05) is 11.8 Å². The third-order valence-corrected chi connectivity index (χ3v) is 6.27. The van der Waals surface area contributed by atoms with Gasteiger partial charge in [-0.25, -0.2) is 4.98 Å². The van der Waals surface area contributed by atoms with Crippen LogP contribution in [0.1, 0.15) is 23.3 Å². The number of amides is 1. The Balaban J connectivity index is 1.76. The quantitative estimate of drug-likeness (QED) is 0.482. The minimum Gasteiger partial charge on any atom is -0.395 e. The number of carbonyl (C=O) groups excluding carboxylic acids is 1. The molecule has 2 aromatic rings. The maximum absolute atomic E-state index is 12.5. The van der Waals surface area contributed by atoms with Gasteiger partial charge < -0.3 is 20.1 Å². The highest BCUT2D eigenvalue weighted by molar-refractivity contribution is 7.99. The molecule has 0 fully saturated rings. The fourth-order valence-corrected chi connectivity index (χ4v) is 5.12. The van der Waals surface area contributed by atoms with Gasteiger partial charge >= 0.3 is 0 Å². The Labute approximate surface area is 153 Å². The van der Waals surface area contributed by atoms with Crippen LogP contribution in [0.3, 0.4) is 0 Å². The third kappa shape index (κ3) is 4.05. The lowest BCUT2D eigenvalue weighted by atomic mass is 9.97. The van der Waals surface area contributed by atoms with Gasteiger partial charge in [-0.3, -0.25) is 9.59 Å². The Morgan fingerprint density at radius 1 is 1.24 bits per heavy atom. The lowest BCUT2D eigenvalue weighted by Crippen LogP contribution is -2.37. The van der Waals surface area contributed by atoms with Crippen LogP contribution in [-0.2, 0) is 17.6 Å². The molecule has 2 heterocycles. The van der Waals surface area contributed by atoms with Crippen molar-refractivity contribution in [2.75, 3.05) is 32.1 Å². The first kappa shape index (κ1) is 18.4. The van der Waals surface area contributed by atoms with Crippen molar-refractivity contribution in [1.82, 2.24) is 14.9 Å². The summed E-state index contributed by atoms with van der Waals surface area (Å²) in [5, 5.41) is 19.1. The summed E-state index contributed by atoms with van der Waals surface area (Å²) in [4.78, 5) is 35.3. The predicted octanol–water partition coefficient (Wildman–Crippen LogP) is 0.769. The molecule has 0 aromatic carbocycles. The molecule has 0 aliphatic heterocycles. The van der Waals surface area contributed by atoms with Crippen LogP contribution in [0.25, 0.3) is 10.2 Å². The van der Waals surface area contributed by atoms with E-state index in [0.29, 0.717) is 10.5 Å². The number of fused-ring (bicyclic) bond motifs is 3. The van der Waals surface area contributed by atoms with E-state index in [1.807, 2.05) is 0 Å². The second-order valence-corrected chi connectivity index (χ2v) is 7.93. The van der Waals surface area contributed by atoms with Gasteiger partial charge in [0.25, 0.3) is 5.56 Å². The summed E-state index contributed by atoms with van der Waals surface area (Å²) in [6.07, 6.45) is 4.20. The summed E-state index contributed by atoms with van der Waals surface area (Å²) >= 11 is 2.75. The largest absolute Gasteiger partial charge is 0.395 e. The summed E-state index contributed by atoms with van der Waals surface area (Å²) in [5.41, 5.74) is 1.01. The van der Waals surface area contributed by atoms with Gasteiger partial charge in [0, 0.05) is 18.0 Å². The molecular formula is C16H21N3O4S2. The molecule has 0 radical (unpaired) electrons. The Kier molecular flexibility index (Phi) is 6.10. The molecule has 1 aliphatic rings. The van der Waals surface area contributed by atoms with Crippen LogP contribution < -0.4 is 5.56 Å². The number of aliphatic hydroxyl groups excluding tert-OH is 2. The first-order valence-electron chi connectivity index (χ1n) is 8.31. The lowest BCUT2D eigenvalue weighted by Gasteiger charge is -2.20. The van der Waals surface area contributed by atoms with Gasteiger partial charge in [-0.05, 0) is 31.2 Å². The maximum Gasteiger partial charge on any atom is 0.260 e. The smallest absolute Gasteiger partial charge is 0.260 e. The molecule has 0 bridgehead atoms. The number of thioether (sulfide) groups is 1. The molecule has 0 unspecified atom stereocenters. The molecule has 9 heteroatoms. The molecular weight excluding hydrogens is 362 g/mol. The molecule has 7 nitrogen and oxygen atoms in total. The van der Waals surface area contributed by atoms with Gasteiger partial charge in [0.2, 0.25) is 5.91 Å². The number of nitrogens with one attached hydrogen (secondary N) is 1. The number of hydrogen-bond donors (Lipinski definition) is 3. The normalized spacial score (nSPS) is 13.8. The van der Waals surface area contributed by atoms with E-state index in [4.69, 9.17) is 10.2 Å². The lowest BCUT2D eigenvalue weighted by molar-refractivity contribution is -0.129. The molecule has 2 aromatic heterocycles. The Morgan fingerprint density at radius 2 is 1.96 bits per heavy atom. The number of H-pyrrole nitrogens is 1.